The number of H-pyrrole nitrogens is 1. The van der Waals surface area contributed by atoms with Gasteiger partial charge in [0.05, 0.1) is 24.4 Å². The lowest BCUT2D eigenvalue weighted by atomic mass is 9.98. The minimum absolute atomic E-state index is 0.00854. The van der Waals surface area contributed by atoms with E-state index in [0.29, 0.717) is 6.42 Å². The van der Waals surface area contributed by atoms with E-state index in [-0.39, 0.29) is 11.8 Å². The largest absolute Gasteiger partial charge is 0.497 e. The number of rotatable bonds is 5. The molecule has 1 aliphatic rings. The Hall–Kier alpha value is -2.63. The first kappa shape index (κ1) is 14.3. The Morgan fingerprint density at radius 1 is 1.32 bits per heavy atom. The smallest absolute Gasteiger partial charge is 0.256 e. The molecule has 2 heterocycles. The molecule has 6 heteroatoms. The Kier molecular flexibility index (Phi) is 3.91. The third-order valence-corrected chi connectivity index (χ3v) is 3.77. The van der Waals surface area contributed by atoms with Gasteiger partial charge in [-0.15, -0.1) is 0 Å². The van der Waals surface area contributed by atoms with Crippen molar-refractivity contribution in [3.8, 4) is 5.75 Å². The minimum Gasteiger partial charge on any atom is -0.497 e. The van der Waals surface area contributed by atoms with E-state index in [1.807, 2.05) is 31.2 Å². The molecule has 0 radical (unpaired) electrons. The number of benzene rings is 1. The maximum atomic E-state index is 12.6. The number of ether oxygens (including phenoxy) is 1. The first-order valence-corrected chi connectivity index (χ1v) is 7.26. The summed E-state index contributed by atoms with van der Waals surface area (Å²) in [5.41, 5.74) is 1.59. The molecule has 22 heavy (non-hydrogen) atoms. The quantitative estimate of drug-likeness (QED) is 0.921. The molecule has 0 fully saturated rings. The molecular formula is C16H18N4O2. The average Bonchev–Trinajstić information content (AvgIpc) is 3.16. The first-order valence-electron chi connectivity index (χ1n) is 7.26. The van der Waals surface area contributed by atoms with Gasteiger partial charge in [-0.2, -0.15) is 5.10 Å². The van der Waals surface area contributed by atoms with Crippen molar-refractivity contribution in [1.82, 2.24) is 9.97 Å². The molecule has 1 aromatic carbocycles. The fourth-order valence-corrected chi connectivity index (χ4v) is 2.58. The summed E-state index contributed by atoms with van der Waals surface area (Å²) in [5, 5.41) is 6.00. The van der Waals surface area contributed by atoms with Crippen LogP contribution in [0.3, 0.4) is 0 Å². The minimum atomic E-state index is -0.188. The second-order valence-corrected chi connectivity index (χ2v) is 5.11. The van der Waals surface area contributed by atoms with Crippen LogP contribution >= 0.6 is 0 Å². The lowest BCUT2D eigenvalue weighted by Crippen LogP contribution is -2.27. The van der Waals surface area contributed by atoms with Crippen molar-refractivity contribution in [3.05, 3.63) is 42.5 Å². The number of nitrogens with zero attached hydrogens (tertiary/aromatic N) is 3. The van der Waals surface area contributed by atoms with Crippen LogP contribution in [0.4, 0.5) is 5.69 Å². The van der Waals surface area contributed by atoms with Gasteiger partial charge in [0, 0.05) is 18.8 Å². The Morgan fingerprint density at radius 2 is 2.09 bits per heavy atom. The summed E-state index contributed by atoms with van der Waals surface area (Å²) < 4.78 is 5.14. The number of carbonyl (C=O) groups excluding carboxylic acids is 1. The number of hydrogen-bond acceptors (Lipinski definition) is 4. The summed E-state index contributed by atoms with van der Waals surface area (Å²) in [4.78, 5) is 19.8. The van der Waals surface area contributed by atoms with Crippen molar-refractivity contribution in [2.75, 3.05) is 12.1 Å². The Balaban J connectivity index is 1.87. The molecule has 1 aromatic heterocycles. The number of amides is 1. The normalized spacial score (nSPS) is 17.7. The highest BCUT2D eigenvalue weighted by Gasteiger charge is 2.35. The summed E-state index contributed by atoms with van der Waals surface area (Å²) >= 11 is 0. The predicted octanol–water partition coefficient (Wildman–Crippen LogP) is 2.39. The molecule has 2 aromatic rings. The Bertz CT molecular complexity index is 677. The van der Waals surface area contributed by atoms with E-state index in [0.717, 1.165) is 29.4 Å². The highest BCUT2D eigenvalue weighted by atomic mass is 16.5. The lowest BCUT2D eigenvalue weighted by Gasteiger charge is -2.13. The van der Waals surface area contributed by atoms with E-state index < -0.39 is 0 Å². The van der Waals surface area contributed by atoms with Crippen molar-refractivity contribution < 1.29 is 9.53 Å². The zero-order valence-corrected chi connectivity index (χ0v) is 12.6. The van der Waals surface area contributed by atoms with E-state index in [4.69, 9.17) is 4.74 Å². The zero-order valence-electron chi connectivity index (χ0n) is 12.6. The van der Waals surface area contributed by atoms with E-state index in [9.17, 15) is 4.79 Å². The first-order chi connectivity index (χ1) is 10.7. The molecule has 0 saturated heterocycles. The van der Waals surface area contributed by atoms with Crippen LogP contribution in [0.2, 0.25) is 0 Å². The highest BCUT2D eigenvalue weighted by molar-refractivity contribution is 6.15. The van der Waals surface area contributed by atoms with E-state index in [2.05, 4.69) is 15.1 Å². The summed E-state index contributed by atoms with van der Waals surface area (Å²) in [5.74, 6) is 1.39. The van der Waals surface area contributed by atoms with Gasteiger partial charge in [0.15, 0.2) is 0 Å². The number of carbonyl (C=O) groups is 1. The monoisotopic (exact) mass is 298 g/mol. The van der Waals surface area contributed by atoms with Crippen LogP contribution in [-0.4, -0.2) is 28.7 Å². The Morgan fingerprint density at radius 3 is 2.68 bits per heavy atom. The SMILES string of the molecule is CCC1C(=O)N(c2ccc(OC)cc2)N=C1Cc1ncc[nH]1. The number of imidazole rings is 1. The molecule has 1 amide bonds. The number of hydrazone groups is 1. The predicted molar refractivity (Wildman–Crippen MR) is 84.0 cm³/mol. The van der Waals surface area contributed by atoms with Crippen molar-refractivity contribution in [2.45, 2.75) is 19.8 Å². The van der Waals surface area contributed by atoms with Gasteiger partial charge >= 0.3 is 0 Å². The summed E-state index contributed by atoms with van der Waals surface area (Å²) in [7, 11) is 1.61. The second-order valence-electron chi connectivity index (χ2n) is 5.11. The average molecular weight is 298 g/mol. The molecule has 3 rings (SSSR count). The zero-order chi connectivity index (χ0) is 15.5. The maximum Gasteiger partial charge on any atom is 0.256 e. The van der Waals surface area contributed by atoms with Crippen LogP contribution in [0.25, 0.3) is 0 Å². The van der Waals surface area contributed by atoms with Crippen molar-refractivity contribution in [2.24, 2.45) is 11.0 Å². The number of aromatic amines is 1. The van der Waals surface area contributed by atoms with Gasteiger partial charge in [-0.1, -0.05) is 6.92 Å². The standard InChI is InChI=1S/C16H18N4O2/c1-3-13-14(10-15-17-8-9-18-15)19-20(16(13)21)11-4-6-12(22-2)7-5-11/h4-9,13H,3,10H2,1-2H3,(H,17,18). The molecular weight excluding hydrogens is 280 g/mol. The van der Waals surface area contributed by atoms with Gasteiger partial charge in [-0.3, -0.25) is 4.79 Å². The van der Waals surface area contributed by atoms with Crippen LogP contribution in [0, 0.1) is 5.92 Å². The lowest BCUT2D eigenvalue weighted by molar-refractivity contribution is -0.119. The summed E-state index contributed by atoms with van der Waals surface area (Å²) in [6.07, 6.45) is 4.76. The molecule has 0 spiro atoms. The van der Waals surface area contributed by atoms with E-state index in [1.54, 1.807) is 19.5 Å². The fraction of sp³-hybridized carbons (Fsp3) is 0.312. The molecule has 1 aliphatic heterocycles. The van der Waals surface area contributed by atoms with Gasteiger partial charge in [0.1, 0.15) is 11.6 Å². The van der Waals surface area contributed by atoms with Crippen molar-refractivity contribution >= 4 is 17.3 Å². The molecule has 1 unspecified atom stereocenters. The van der Waals surface area contributed by atoms with E-state index >= 15 is 0 Å². The van der Waals surface area contributed by atoms with Gasteiger partial charge in [-0.25, -0.2) is 9.99 Å². The van der Waals surface area contributed by atoms with Crippen LogP contribution in [0.1, 0.15) is 19.2 Å². The number of methoxy groups -OCH3 is 1. The molecule has 6 nitrogen and oxygen atoms in total. The molecule has 0 saturated carbocycles. The third kappa shape index (κ3) is 2.59. The van der Waals surface area contributed by atoms with Crippen molar-refractivity contribution in [3.63, 3.8) is 0 Å². The van der Waals surface area contributed by atoms with Crippen LogP contribution in [-0.2, 0) is 11.2 Å². The molecule has 0 bridgehead atoms. The number of aromatic nitrogens is 2. The number of anilines is 1. The van der Waals surface area contributed by atoms with Crippen LogP contribution < -0.4 is 9.75 Å². The molecule has 0 aliphatic carbocycles. The maximum absolute atomic E-state index is 12.6. The summed E-state index contributed by atoms with van der Waals surface area (Å²) in [6, 6.07) is 7.32. The topological polar surface area (TPSA) is 70.6 Å². The van der Waals surface area contributed by atoms with Crippen LogP contribution in [0.5, 0.6) is 5.75 Å². The van der Waals surface area contributed by atoms with Crippen molar-refractivity contribution in [1.29, 1.82) is 0 Å². The second kappa shape index (κ2) is 6.01. The number of nitrogens with one attached hydrogen (secondary N) is 1. The third-order valence-electron chi connectivity index (χ3n) is 3.77. The van der Waals surface area contributed by atoms with Crippen LogP contribution in [0.15, 0.2) is 41.8 Å². The molecule has 114 valence electrons. The van der Waals surface area contributed by atoms with Gasteiger partial charge < -0.3 is 9.72 Å². The number of hydrogen-bond donors (Lipinski definition) is 1. The summed E-state index contributed by atoms with van der Waals surface area (Å²) in [6.45, 7) is 2.00. The Labute approximate surface area is 128 Å². The van der Waals surface area contributed by atoms with E-state index in [1.165, 1.54) is 5.01 Å². The van der Waals surface area contributed by atoms with Gasteiger partial charge in [0.2, 0.25) is 0 Å². The molecule has 1 atom stereocenters. The van der Waals surface area contributed by atoms with Gasteiger partial charge in [0.25, 0.3) is 5.91 Å². The highest BCUT2D eigenvalue weighted by Crippen LogP contribution is 2.28. The molecule has 1 N–H and O–H groups in total. The fourth-order valence-electron chi connectivity index (χ4n) is 2.58. The van der Waals surface area contributed by atoms with Gasteiger partial charge in [-0.05, 0) is 30.7 Å².